The molecule has 0 amide bonds. The highest BCUT2D eigenvalue weighted by atomic mass is 16.3. The molecule has 26 heavy (non-hydrogen) atoms. The number of anilines is 1. The van der Waals surface area contributed by atoms with Crippen LogP contribution in [-0.2, 0) is 4.79 Å². The lowest BCUT2D eigenvalue weighted by Gasteiger charge is -2.35. The Balaban J connectivity index is 1.92. The number of carbonyl (C=O) groups excluding carboxylic acids is 1. The van der Waals surface area contributed by atoms with Gasteiger partial charge in [0.25, 0.3) is 0 Å². The maximum atomic E-state index is 13.0. The van der Waals surface area contributed by atoms with Gasteiger partial charge in [0.2, 0.25) is 0 Å². The lowest BCUT2D eigenvalue weighted by atomic mass is 9.74. The van der Waals surface area contributed by atoms with Crippen molar-refractivity contribution < 1.29 is 9.90 Å². The molecule has 2 aromatic carbocycles. The van der Waals surface area contributed by atoms with Crippen LogP contribution in [-0.4, -0.2) is 16.7 Å². The van der Waals surface area contributed by atoms with E-state index in [9.17, 15) is 9.90 Å². The van der Waals surface area contributed by atoms with Gasteiger partial charge >= 0.3 is 0 Å². The second-order valence-corrected chi connectivity index (χ2v) is 7.85. The van der Waals surface area contributed by atoms with Crippen LogP contribution in [0.5, 0.6) is 0 Å². The van der Waals surface area contributed by atoms with Crippen molar-refractivity contribution in [3.8, 4) is 0 Å². The molecule has 1 aliphatic carbocycles. The van der Waals surface area contributed by atoms with Gasteiger partial charge < -0.3 is 10.0 Å². The maximum absolute atomic E-state index is 13.0. The molecule has 4 heteroatoms. The number of hydrogen-bond donors (Lipinski definition) is 2. The fourth-order valence-corrected chi connectivity index (χ4v) is 4.11. The second-order valence-electron chi connectivity index (χ2n) is 7.85. The van der Waals surface area contributed by atoms with Crippen LogP contribution in [0.2, 0.25) is 0 Å². The summed E-state index contributed by atoms with van der Waals surface area (Å²) >= 11 is 0. The molecule has 2 aromatic rings. The minimum Gasteiger partial charge on any atom is -0.512 e. The molecule has 0 saturated carbocycles. The molecule has 4 nitrogen and oxygen atoms in total. The van der Waals surface area contributed by atoms with Gasteiger partial charge in [0.05, 0.1) is 11.6 Å². The standard InChI is InChI=1S/C22H22N2O2/c1-22(2)12-17(25)19(18(26)13-22)20-15-10-6-7-11-16(15)21(23)24(20)14-8-4-3-5-9-14/h3-11,20,23,25H,12-13H2,1-2H3. The van der Waals surface area contributed by atoms with E-state index in [-0.39, 0.29) is 17.0 Å². The molecule has 0 radical (unpaired) electrons. The summed E-state index contributed by atoms with van der Waals surface area (Å²) in [5, 5.41) is 19.5. The topological polar surface area (TPSA) is 64.4 Å². The lowest BCUT2D eigenvalue weighted by molar-refractivity contribution is -0.118. The number of nitrogens with one attached hydrogen (secondary N) is 1. The first-order valence-electron chi connectivity index (χ1n) is 8.86. The number of amidine groups is 1. The Kier molecular flexibility index (Phi) is 3.72. The van der Waals surface area contributed by atoms with Crippen molar-refractivity contribution in [1.29, 1.82) is 5.41 Å². The summed E-state index contributed by atoms with van der Waals surface area (Å²) in [6.45, 7) is 4.00. The summed E-state index contributed by atoms with van der Waals surface area (Å²) < 4.78 is 0. The van der Waals surface area contributed by atoms with E-state index in [2.05, 4.69) is 0 Å². The normalized spacial score (nSPS) is 21.9. The van der Waals surface area contributed by atoms with Crippen LogP contribution >= 0.6 is 0 Å². The van der Waals surface area contributed by atoms with E-state index in [1.807, 2.05) is 73.3 Å². The van der Waals surface area contributed by atoms with E-state index in [0.717, 1.165) is 16.8 Å². The predicted molar refractivity (Wildman–Crippen MR) is 103 cm³/mol. The van der Waals surface area contributed by atoms with Crippen molar-refractivity contribution in [2.45, 2.75) is 32.7 Å². The third-order valence-corrected chi connectivity index (χ3v) is 5.21. The third-order valence-electron chi connectivity index (χ3n) is 5.21. The van der Waals surface area contributed by atoms with E-state index < -0.39 is 6.04 Å². The molecule has 1 aliphatic heterocycles. The number of nitrogens with zero attached hydrogens (tertiary/aromatic N) is 1. The van der Waals surface area contributed by atoms with Crippen molar-refractivity contribution in [1.82, 2.24) is 0 Å². The highest BCUT2D eigenvalue weighted by molar-refractivity contribution is 6.15. The quantitative estimate of drug-likeness (QED) is 0.823. The molecule has 0 spiro atoms. The summed E-state index contributed by atoms with van der Waals surface area (Å²) in [6, 6.07) is 16.9. The van der Waals surface area contributed by atoms with Crippen LogP contribution < -0.4 is 4.90 Å². The molecular weight excluding hydrogens is 324 g/mol. The Hall–Kier alpha value is -2.88. The first-order valence-corrected chi connectivity index (χ1v) is 8.86. The molecule has 2 N–H and O–H groups in total. The van der Waals surface area contributed by atoms with Gasteiger partial charge in [0, 0.05) is 24.1 Å². The van der Waals surface area contributed by atoms with Crippen LogP contribution in [0.4, 0.5) is 5.69 Å². The molecular formula is C22H22N2O2. The Morgan fingerprint density at radius 1 is 1.04 bits per heavy atom. The Morgan fingerprint density at radius 2 is 1.69 bits per heavy atom. The van der Waals surface area contributed by atoms with Crippen molar-refractivity contribution in [2.75, 3.05) is 4.90 Å². The van der Waals surface area contributed by atoms with Crippen molar-refractivity contribution >= 4 is 17.3 Å². The van der Waals surface area contributed by atoms with Crippen LogP contribution in [0.3, 0.4) is 0 Å². The molecule has 1 heterocycles. The van der Waals surface area contributed by atoms with Gasteiger partial charge in [-0.3, -0.25) is 10.2 Å². The van der Waals surface area contributed by atoms with Gasteiger partial charge in [-0.15, -0.1) is 0 Å². The SMILES string of the molecule is CC1(C)CC(=O)C(C2c3ccccc3C(=N)N2c2ccccc2)=C(O)C1. The number of rotatable bonds is 2. The number of para-hydroxylation sites is 1. The number of ketones is 1. The minimum absolute atomic E-state index is 0.0332. The highest BCUT2D eigenvalue weighted by Gasteiger charge is 2.44. The molecule has 2 aliphatic rings. The van der Waals surface area contributed by atoms with Gasteiger partial charge in [0.1, 0.15) is 11.6 Å². The van der Waals surface area contributed by atoms with Gasteiger partial charge in [-0.2, -0.15) is 0 Å². The Labute approximate surface area is 153 Å². The number of allylic oxidation sites excluding steroid dienone is 1. The van der Waals surface area contributed by atoms with Crippen molar-refractivity contribution in [2.24, 2.45) is 5.41 Å². The molecule has 0 saturated heterocycles. The van der Waals surface area contributed by atoms with E-state index in [1.54, 1.807) is 0 Å². The van der Waals surface area contributed by atoms with Gasteiger partial charge in [-0.25, -0.2) is 0 Å². The molecule has 1 unspecified atom stereocenters. The summed E-state index contributed by atoms with van der Waals surface area (Å²) in [7, 11) is 0. The molecule has 0 aromatic heterocycles. The summed E-state index contributed by atoms with van der Waals surface area (Å²) in [6.07, 6.45) is 0.879. The fraction of sp³-hybridized carbons (Fsp3) is 0.273. The largest absolute Gasteiger partial charge is 0.512 e. The predicted octanol–water partition coefficient (Wildman–Crippen LogP) is 4.77. The average Bonchev–Trinajstić information content (AvgIpc) is 2.87. The third kappa shape index (κ3) is 2.53. The number of aliphatic hydroxyl groups excluding tert-OH is 1. The molecule has 4 rings (SSSR count). The monoisotopic (exact) mass is 346 g/mol. The van der Waals surface area contributed by atoms with Crippen LogP contribution in [0.1, 0.15) is 43.9 Å². The Bertz CT molecular complexity index is 928. The van der Waals surface area contributed by atoms with Crippen LogP contribution in [0.25, 0.3) is 0 Å². The molecule has 0 fully saturated rings. The molecule has 1 atom stereocenters. The second kappa shape index (κ2) is 5.84. The van der Waals surface area contributed by atoms with E-state index in [1.165, 1.54) is 0 Å². The minimum atomic E-state index is -0.454. The number of aliphatic hydroxyl groups is 1. The van der Waals surface area contributed by atoms with Gasteiger partial charge in [-0.05, 0) is 23.1 Å². The summed E-state index contributed by atoms with van der Waals surface area (Å²) in [5.74, 6) is 0.477. The highest BCUT2D eigenvalue weighted by Crippen LogP contribution is 2.47. The first kappa shape index (κ1) is 16.6. The van der Waals surface area contributed by atoms with E-state index >= 15 is 0 Å². The number of fused-ring (bicyclic) bond motifs is 1. The number of carbonyl (C=O) groups is 1. The molecule has 132 valence electrons. The van der Waals surface area contributed by atoms with Crippen LogP contribution in [0.15, 0.2) is 65.9 Å². The zero-order chi connectivity index (χ0) is 18.5. The summed E-state index contributed by atoms with van der Waals surface area (Å²) in [4.78, 5) is 14.8. The van der Waals surface area contributed by atoms with E-state index in [0.29, 0.717) is 24.3 Å². The maximum Gasteiger partial charge on any atom is 0.165 e. The first-order chi connectivity index (χ1) is 12.4. The fourth-order valence-electron chi connectivity index (χ4n) is 4.11. The zero-order valence-corrected chi connectivity index (χ0v) is 15.0. The average molecular weight is 346 g/mol. The number of benzene rings is 2. The smallest absolute Gasteiger partial charge is 0.165 e. The number of hydrogen-bond acceptors (Lipinski definition) is 3. The van der Waals surface area contributed by atoms with Crippen molar-refractivity contribution in [3.63, 3.8) is 0 Å². The Morgan fingerprint density at radius 3 is 2.38 bits per heavy atom. The van der Waals surface area contributed by atoms with Gasteiger partial charge in [-0.1, -0.05) is 56.3 Å². The van der Waals surface area contributed by atoms with Crippen molar-refractivity contribution in [3.05, 3.63) is 77.1 Å². The number of Topliss-reactive ketones (excluding diaryl/α,β-unsaturated/α-hetero) is 1. The van der Waals surface area contributed by atoms with Gasteiger partial charge in [0.15, 0.2) is 5.78 Å². The van der Waals surface area contributed by atoms with Crippen LogP contribution in [0, 0.1) is 10.8 Å². The lowest BCUT2D eigenvalue weighted by Crippen LogP contribution is -2.35. The molecule has 0 bridgehead atoms. The summed E-state index contributed by atoms with van der Waals surface area (Å²) in [5.41, 5.74) is 2.74. The van der Waals surface area contributed by atoms with E-state index in [4.69, 9.17) is 5.41 Å². The zero-order valence-electron chi connectivity index (χ0n) is 15.0.